The van der Waals surface area contributed by atoms with Crippen molar-refractivity contribution in [3.8, 4) is 11.5 Å². The highest BCUT2D eigenvalue weighted by Gasteiger charge is 2.27. The van der Waals surface area contributed by atoms with Crippen LogP contribution < -0.4 is 10.1 Å². The number of carbonyl (C=O) groups is 1. The number of hydrogen-bond acceptors (Lipinski definition) is 4. The van der Waals surface area contributed by atoms with Gasteiger partial charge in [0.25, 0.3) is 5.91 Å². The van der Waals surface area contributed by atoms with Crippen molar-refractivity contribution in [1.82, 2.24) is 9.97 Å². The first-order valence-electron chi connectivity index (χ1n) is 8.67. The molecule has 0 aliphatic heterocycles. The van der Waals surface area contributed by atoms with E-state index in [9.17, 15) is 4.79 Å². The first kappa shape index (κ1) is 16.3. The lowest BCUT2D eigenvalue weighted by molar-refractivity contribution is 0.102. The van der Waals surface area contributed by atoms with Gasteiger partial charge in [-0.2, -0.15) is 0 Å². The molecule has 0 radical (unpaired) electrons. The lowest BCUT2D eigenvalue weighted by Gasteiger charge is -2.09. The predicted octanol–water partition coefficient (Wildman–Crippen LogP) is 4.71. The van der Waals surface area contributed by atoms with E-state index in [0.29, 0.717) is 28.6 Å². The SMILES string of the molecule is Cc1nc(C2CC2)ncc1C(=O)Nc1ccc(Oc2ccccc2)cc1. The first-order valence-corrected chi connectivity index (χ1v) is 8.67. The number of carbonyl (C=O) groups excluding carboxylic acids is 1. The highest BCUT2D eigenvalue weighted by atomic mass is 16.5. The zero-order valence-electron chi connectivity index (χ0n) is 14.5. The fourth-order valence-electron chi connectivity index (χ4n) is 2.68. The first-order chi connectivity index (χ1) is 12.7. The van der Waals surface area contributed by atoms with Crippen molar-refractivity contribution in [3.05, 3.63) is 77.9 Å². The molecule has 1 N–H and O–H groups in total. The van der Waals surface area contributed by atoms with E-state index in [-0.39, 0.29) is 5.91 Å². The molecule has 0 spiro atoms. The molecule has 130 valence electrons. The largest absolute Gasteiger partial charge is 0.457 e. The molecule has 0 unspecified atom stereocenters. The fourth-order valence-corrected chi connectivity index (χ4v) is 2.68. The number of aryl methyl sites for hydroxylation is 1. The van der Waals surface area contributed by atoms with Gasteiger partial charge in [-0.05, 0) is 56.2 Å². The van der Waals surface area contributed by atoms with Gasteiger partial charge in [-0.3, -0.25) is 4.79 Å². The second-order valence-corrected chi connectivity index (χ2v) is 6.40. The summed E-state index contributed by atoms with van der Waals surface area (Å²) in [5.41, 5.74) is 1.91. The average Bonchev–Trinajstić information content (AvgIpc) is 3.49. The van der Waals surface area contributed by atoms with Crippen LogP contribution >= 0.6 is 0 Å². The van der Waals surface area contributed by atoms with Crippen LogP contribution in [0.1, 0.15) is 40.6 Å². The molecular weight excluding hydrogens is 326 g/mol. The molecule has 3 aromatic rings. The lowest BCUT2D eigenvalue weighted by atomic mass is 10.2. The Labute approximate surface area is 152 Å². The summed E-state index contributed by atoms with van der Waals surface area (Å²) in [6.45, 7) is 1.85. The van der Waals surface area contributed by atoms with Crippen LogP contribution in [0.25, 0.3) is 0 Å². The Morgan fingerprint density at radius 1 is 1.04 bits per heavy atom. The number of hydrogen-bond donors (Lipinski definition) is 1. The molecule has 1 aliphatic carbocycles. The van der Waals surface area contributed by atoms with Gasteiger partial charge in [0.1, 0.15) is 17.3 Å². The fraction of sp³-hybridized carbons (Fsp3) is 0.190. The number of nitrogens with one attached hydrogen (secondary N) is 1. The van der Waals surface area contributed by atoms with Crippen molar-refractivity contribution < 1.29 is 9.53 Å². The van der Waals surface area contributed by atoms with Crippen LogP contribution in [0.15, 0.2) is 60.8 Å². The highest BCUT2D eigenvalue weighted by molar-refractivity contribution is 6.04. The molecule has 1 fully saturated rings. The second-order valence-electron chi connectivity index (χ2n) is 6.40. The third kappa shape index (κ3) is 3.72. The molecule has 5 nitrogen and oxygen atoms in total. The molecular formula is C21H19N3O2. The molecule has 1 amide bonds. The van der Waals surface area contributed by atoms with Crippen molar-refractivity contribution in [2.45, 2.75) is 25.7 Å². The minimum Gasteiger partial charge on any atom is -0.457 e. The normalized spacial score (nSPS) is 13.3. The van der Waals surface area contributed by atoms with Crippen LogP contribution in [-0.4, -0.2) is 15.9 Å². The van der Waals surface area contributed by atoms with E-state index >= 15 is 0 Å². The van der Waals surface area contributed by atoms with Crippen LogP contribution in [0, 0.1) is 6.92 Å². The van der Waals surface area contributed by atoms with Gasteiger partial charge in [0.05, 0.1) is 11.3 Å². The molecule has 1 aliphatic rings. The lowest BCUT2D eigenvalue weighted by Crippen LogP contribution is -2.15. The van der Waals surface area contributed by atoms with Crippen molar-refractivity contribution in [1.29, 1.82) is 0 Å². The van der Waals surface area contributed by atoms with E-state index in [4.69, 9.17) is 4.74 Å². The minimum atomic E-state index is -0.207. The van der Waals surface area contributed by atoms with Gasteiger partial charge in [-0.1, -0.05) is 18.2 Å². The summed E-state index contributed by atoms with van der Waals surface area (Å²) in [5.74, 6) is 2.60. The highest BCUT2D eigenvalue weighted by Crippen LogP contribution is 2.38. The smallest absolute Gasteiger partial charge is 0.259 e. The topological polar surface area (TPSA) is 64.1 Å². The number of amides is 1. The van der Waals surface area contributed by atoms with Crippen LogP contribution in [0.2, 0.25) is 0 Å². The molecule has 1 heterocycles. The van der Waals surface area contributed by atoms with Crippen LogP contribution in [0.3, 0.4) is 0 Å². The van der Waals surface area contributed by atoms with Gasteiger partial charge in [0, 0.05) is 17.8 Å². The van der Waals surface area contributed by atoms with E-state index in [2.05, 4.69) is 15.3 Å². The van der Waals surface area contributed by atoms with Crippen molar-refractivity contribution >= 4 is 11.6 Å². The molecule has 0 bridgehead atoms. The summed E-state index contributed by atoms with van der Waals surface area (Å²) in [6.07, 6.45) is 3.91. The Balaban J connectivity index is 1.43. The molecule has 0 atom stereocenters. The Morgan fingerprint density at radius 2 is 1.73 bits per heavy atom. The maximum atomic E-state index is 12.5. The van der Waals surface area contributed by atoms with Gasteiger partial charge in [-0.25, -0.2) is 9.97 Å². The van der Waals surface area contributed by atoms with Gasteiger partial charge in [0.15, 0.2) is 0 Å². The number of rotatable bonds is 5. The van der Waals surface area contributed by atoms with E-state index in [1.54, 1.807) is 6.20 Å². The number of anilines is 1. The van der Waals surface area contributed by atoms with Crippen LogP contribution in [0.5, 0.6) is 11.5 Å². The maximum Gasteiger partial charge on any atom is 0.259 e. The number of nitrogens with zero attached hydrogens (tertiary/aromatic N) is 2. The molecule has 4 rings (SSSR count). The number of ether oxygens (including phenoxy) is 1. The molecule has 0 saturated heterocycles. The monoisotopic (exact) mass is 345 g/mol. The van der Waals surface area contributed by atoms with E-state index in [1.807, 2.05) is 61.5 Å². The summed E-state index contributed by atoms with van der Waals surface area (Å²) < 4.78 is 5.75. The summed E-state index contributed by atoms with van der Waals surface area (Å²) >= 11 is 0. The zero-order chi connectivity index (χ0) is 17.9. The van der Waals surface area contributed by atoms with Gasteiger partial charge in [-0.15, -0.1) is 0 Å². The molecule has 2 aromatic carbocycles. The summed E-state index contributed by atoms with van der Waals surface area (Å²) in [5, 5.41) is 2.88. The minimum absolute atomic E-state index is 0.207. The van der Waals surface area contributed by atoms with Crippen molar-refractivity contribution in [2.75, 3.05) is 5.32 Å². The van der Waals surface area contributed by atoms with Gasteiger partial charge < -0.3 is 10.1 Å². The Kier molecular flexibility index (Phi) is 4.35. The van der Waals surface area contributed by atoms with Crippen LogP contribution in [-0.2, 0) is 0 Å². The molecule has 1 saturated carbocycles. The van der Waals surface area contributed by atoms with Crippen LogP contribution in [0.4, 0.5) is 5.69 Å². The third-order valence-corrected chi connectivity index (χ3v) is 4.28. The maximum absolute atomic E-state index is 12.5. The standard InChI is InChI=1S/C21H19N3O2/c1-14-19(13-22-20(23-14)15-7-8-15)21(25)24-16-9-11-18(12-10-16)26-17-5-3-2-4-6-17/h2-6,9-13,15H,7-8H2,1H3,(H,24,25). The van der Waals surface area contributed by atoms with E-state index in [0.717, 1.165) is 24.4 Å². The second kappa shape index (κ2) is 6.96. The zero-order valence-corrected chi connectivity index (χ0v) is 14.5. The summed E-state index contributed by atoms with van der Waals surface area (Å²) in [7, 11) is 0. The Hall–Kier alpha value is -3.21. The van der Waals surface area contributed by atoms with E-state index in [1.165, 1.54) is 0 Å². The average molecular weight is 345 g/mol. The quantitative estimate of drug-likeness (QED) is 0.727. The Morgan fingerprint density at radius 3 is 2.38 bits per heavy atom. The number of aromatic nitrogens is 2. The third-order valence-electron chi connectivity index (χ3n) is 4.28. The molecule has 5 heteroatoms. The van der Waals surface area contributed by atoms with Crippen molar-refractivity contribution in [2.24, 2.45) is 0 Å². The number of para-hydroxylation sites is 1. The Bertz CT molecular complexity index is 920. The number of benzene rings is 2. The van der Waals surface area contributed by atoms with Gasteiger partial charge in [0.2, 0.25) is 0 Å². The molecule has 1 aromatic heterocycles. The molecule has 26 heavy (non-hydrogen) atoms. The summed E-state index contributed by atoms with van der Waals surface area (Å²) in [4.78, 5) is 21.3. The predicted molar refractivity (Wildman–Crippen MR) is 99.7 cm³/mol. The van der Waals surface area contributed by atoms with E-state index < -0.39 is 0 Å². The summed E-state index contributed by atoms with van der Waals surface area (Å²) in [6, 6.07) is 16.8. The van der Waals surface area contributed by atoms with Crippen molar-refractivity contribution in [3.63, 3.8) is 0 Å². The van der Waals surface area contributed by atoms with Gasteiger partial charge >= 0.3 is 0 Å².